The molecular formula is C9H10N4O2. The van der Waals surface area contributed by atoms with Crippen molar-refractivity contribution >= 4 is 17.3 Å². The first-order chi connectivity index (χ1) is 7.22. The smallest absolute Gasteiger partial charge is 0.341 e. The summed E-state index contributed by atoms with van der Waals surface area (Å²) in [6.07, 6.45) is 4.44. The molecular weight excluding hydrogens is 196 g/mol. The third-order valence-corrected chi connectivity index (χ3v) is 1.89. The van der Waals surface area contributed by atoms with Gasteiger partial charge in [-0.25, -0.2) is 14.3 Å². The molecule has 0 aromatic carbocycles. The van der Waals surface area contributed by atoms with E-state index in [1.165, 1.54) is 23.1 Å². The van der Waals surface area contributed by atoms with Gasteiger partial charge in [-0.1, -0.05) is 0 Å². The van der Waals surface area contributed by atoms with Gasteiger partial charge in [0, 0.05) is 12.4 Å². The second kappa shape index (κ2) is 3.56. The molecule has 0 aliphatic heterocycles. The topological polar surface area (TPSA) is 82.5 Å². The zero-order valence-electron chi connectivity index (χ0n) is 8.17. The molecule has 0 radical (unpaired) electrons. The van der Waals surface area contributed by atoms with Crippen LogP contribution in [0.5, 0.6) is 0 Å². The molecule has 6 nitrogen and oxygen atoms in total. The number of nitrogen functional groups attached to an aromatic ring is 1. The fraction of sp³-hybridized carbons (Fsp3) is 0.222. The number of ether oxygens (including phenoxy) is 1. The Kier molecular flexibility index (Phi) is 2.24. The first-order valence-electron chi connectivity index (χ1n) is 4.48. The molecule has 2 N–H and O–H groups in total. The Labute approximate surface area is 85.7 Å². The number of fused-ring (bicyclic) bond motifs is 1. The molecule has 78 valence electrons. The Morgan fingerprint density at radius 2 is 2.40 bits per heavy atom. The molecule has 0 saturated heterocycles. The van der Waals surface area contributed by atoms with Crippen molar-refractivity contribution in [2.24, 2.45) is 0 Å². The van der Waals surface area contributed by atoms with E-state index < -0.39 is 5.97 Å². The quantitative estimate of drug-likeness (QED) is 0.723. The Hall–Kier alpha value is -2.11. The minimum Gasteiger partial charge on any atom is -0.462 e. The number of nitrogens with two attached hydrogens (primary N) is 1. The summed E-state index contributed by atoms with van der Waals surface area (Å²) in [6.45, 7) is 2.08. The fourth-order valence-corrected chi connectivity index (χ4v) is 1.21. The van der Waals surface area contributed by atoms with Crippen LogP contribution in [0.25, 0.3) is 5.65 Å². The standard InChI is InChI=1S/C9H10N4O2/c1-2-15-9(14)6-3-11-8-7(10)4-12-13(8)5-6/h3-5H,2,10H2,1H3. The SMILES string of the molecule is CCOC(=O)c1cnc2c(N)cnn2c1. The first kappa shape index (κ1) is 9.45. The summed E-state index contributed by atoms with van der Waals surface area (Å²) in [6, 6.07) is 0. The number of hydrogen-bond donors (Lipinski definition) is 1. The van der Waals surface area contributed by atoms with Gasteiger partial charge in [0.15, 0.2) is 5.65 Å². The molecule has 0 atom stereocenters. The van der Waals surface area contributed by atoms with E-state index in [-0.39, 0.29) is 0 Å². The van der Waals surface area contributed by atoms with Crippen molar-refractivity contribution in [1.29, 1.82) is 0 Å². The number of aromatic nitrogens is 3. The van der Waals surface area contributed by atoms with E-state index in [0.29, 0.717) is 23.5 Å². The Bertz CT molecular complexity index is 506. The van der Waals surface area contributed by atoms with E-state index in [1.54, 1.807) is 6.92 Å². The second-order valence-corrected chi connectivity index (χ2v) is 2.93. The van der Waals surface area contributed by atoms with E-state index in [0.717, 1.165) is 0 Å². The minimum atomic E-state index is -0.416. The van der Waals surface area contributed by atoms with E-state index in [4.69, 9.17) is 10.5 Å². The van der Waals surface area contributed by atoms with Crippen molar-refractivity contribution in [2.45, 2.75) is 6.92 Å². The lowest BCUT2D eigenvalue weighted by Crippen LogP contribution is -2.07. The molecule has 0 saturated carbocycles. The van der Waals surface area contributed by atoms with Crippen LogP contribution in [-0.4, -0.2) is 27.2 Å². The van der Waals surface area contributed by atoms with Crippen LogP contribution in [0.2, 0.25) is 0 Å². The lowest BCUT2D eigenvalue weighted by molar-refractivity contribution is 0.0525. The highest BCUT2D eigenvalue weighted by Gasteiger charge is 2.09. The Morgan fingerprint density at radius 3 is 3.13 bits per heavy atom. The van der Waals surface area contributed by atoms with E-state index in [1.807, 2.05) is 0 Å². The van der Waals surface area contributed by atoms with Crippen molar-refractivity contribution in [2.75, 3.05) is 12.3 Å². The van der Waals surface area contributed by atoms with Crippen molar-refractivity contribution < 1.29 is 9.53 Å². The van der Waals surface area contributed by atoms with Gasteiger partial charge in [-0.15, -0.1) is 0 Å². The van der Waals surface area contributed by atoms with Crippen LogP contribution < -0.4 is 5.73 Å². The highest BCUT2D eigenvalue weighted by Crippen LogP contribution is 2.10. The summed E-state index contributed by atoms with van der Waals surface area (Å²) in [5, 5.41) is 3.94. The molecule has 2 heterocycles. The van der Waals surface area contributed by atoms with Crippen molar-refractivity contribution in [1.82, 2.24) is 14.6 Å². The lowest BCUT2D eigenvalue weighted by atomic mass is 10.3. The highest BCUT2D eigenvalue weighted by molar-refractivity contribution is 5.89. The molecule has 0 aliphatic rings. The monoisotopic (exact) mass is 206 g/mol. The van der Waals surface area contributed by atoms with Gasteiger partial charge < -0.3 is 10.5 Å². The second-order valence-electron chi connectivity index (χ2n) is 2.93. The zero-order chi connectivity index (χ0) is 10.8. The van der Waals surface area contributed by atoms with Crippen LogP contribution >= 0.6 is 0 Å². The van der Waals surface area contributed by atoms with Gasteiger partial charge in [0.25, 0.3) is 0 Å². The van der Waals surface area contributed by atoms with Crippen LogP contribution in [0.3, 0.4) is 0 Å². The van der Waals surface area contributed by atoms with Gasteiger partial charge in [0.2, 0.25) is 0 Å². The van der Waals surface area contributed by atoms with Crippen molar-refractivity contribution in [3.63, 3.8) is 0 Å². The molecule has 0 aliphatic carbocycles. The number of anilines is 1. The first-order valence-corrected chi connectivity index (χ1v) is 4.48. The zero-order valence-corrected chi connectivity index (χ0v) is 8.17. The highest BCUT2D eigenvalue weighted by atomic mass is 16.5. The summed E-state index contributed by atoms with van der Waals surface area (Å²) in [5.74, 6) is -0.416. The predicted molar refractivity (Wildman–Crippen MR) is 53.4 cm³/mol. The normalized spacial score (nSPS) is 10.5. The van der Waals surface area contributed by atoms with Gasteiger partial charge in [-0.3, -0.25) is 0 Å². The molecule has 0 amide bonds. The van der Waals surface area contributed by atoms with Crippen molar-refractivity contribution in [3.8, 4) is 0 Å². The molecule has 2 aromatic rings. The van der Waals surface area contributed by atoms with Crippen LogP contribution in [0.15, 0.2) is 18.6 Å². The maximum Gasteiger partial charge on any atom is 0.341 e. The Morgan fingerprint density at radius 1 is 1.60 bits per heavy atom. The van der Waals surface area contributed by atoms with E-state index >= 15 is 0 Å². The maximum absolute atomic E-state index is 11.4. The molecule has 15 heavy (non-hydrogen) atoms. The van der Waals surface area contributed by atoms with E-state index in [2.05, 4.69) is 10.1 Å². The lowest BCUT2D eigenvalue weighted by Gasteiger charge is -2.01. The number of rotatable bonds is 2. The third-order valence-electron chi connectivity index (χ3n) is 1.89. The molecule has 0 fully saturated rings. The van der Waals surface area contributed by atoms with Crippen LogP contribution in [-0.2, 0) is 4.74 Å². The number of carbonyl (C=O) groups excluding carboxylic acids is 1. The van der Waals surface area contributed by atoms with Gasteiger partial charge in [0.05, 0.1) is 24.1 Å². The molecule has 6 heteroatoms. The molecule has 0 unspecified atom stereocenters. The van der Waals surface area contributed by atoms with Gasteiger partial charge >= 0.3 is 5.97 Å². The third kappa shape index (κ3) is 1.61. The van der Waals surface area contributed by atoms with E-state index in [9.17, 15) is 4.79 Å². The van der Waals surface area contributed by atoms with Gasteiger partial charge in [0.1, 0.15) is 0 Å². The summed E-state index contributed by atoms with van der Waals surface area (Å²) < 4.78 is 6.28. The van der Waals surface area contributed by atoms with Crippen LogP contribution in [0.1, 0.15) is 17.3 Å². The predicted octanol–water partition coefficient (Wildman–Crippen LogP) is 0.488. The average molecular weight is 206 g/mol. The van der Waals surface area contributed by atoms with Crippen LogP contribution in [0, 0.1) is 0 Å². The molecule has 2 rings (SSSR count). The fourth-order valence-electron chi connectivity index (χ4n) is 1.21. The maximum atomic E-state index is 11.4. The minimum absolute atomic E-state index is 0.331. The molecule has 2 aromatic heterocycles. The number of nitrogens with zero attached hydrogens (tertiary/aromatic N) is 3. The van der Waals surface area contributed by atoms with Gasteiger partial charge in [-0.05, 0) is 6.92 Å². The largest absolute Gasteiger partial charge is 0.462 e. The molecule has 0 bridgehead atoms. The average Bonchev–Trinajstić information content (AvgIpc) is 2.60. The number of hydrogen-bond acceptors (Lipinski definition) is 5. The number of carbonyl (C=O) groups is 1. The van der Waals surface area contributed by atoms with Crippen molar-refractivity contribution in [3.05, 3.63) is 24.2 Å². The van der Waals surface area contributed by atoms with Crippen LogP contribution in [0.4, 0.5) is 5.69 Å². The molecule has 0 spiro atoms. The van der Waals surface area contributed by atoms with Gasteiger partial charge in [-0.2, -0.15) is 5.10 Å². The summed E-state index contributed by atoms with van der Waals surface area (Å²) in [4.78, 5) is 15.4. The summed E-state index contributed by atoms with van der Waals surface area (Å²) in [7, 11) is 0. The summed E-state index contributed by atoms with van der Waals surface area (Å²) in [5.41, 5.74) is 6.96. The summed E-state index contributed by atoms with van der Waals surface area (Å²) >= 11 is 0. The Balaban J connectivity index is 2.43. The number of esters is 1.